The van der Waals surface area contributed by atoms with Crippen LogP contribution in [0.4, 0.5) is 5.82 Å². The lowest BCUT2D eigenvalue weighted by molar-refractivity contribution is 0.0378. The van der Waals surface area contributed by atoms with Crippen LogP contribution < -0.4 is 5.32 Å². The molecular formula is C19H29N5O. The number of anilines is 1. The summed E-state index contributed by atoms with van der Waals surface area (Å²) in [7, 11) is 0. The molecule has 6 heteroatoms. The van der Waals surface area contributed by atoms with E-state index in [-0.39, 0.29) is 0 Å². The van der Waals surface area contributed by atoms with Gasteiger partial charge in [-0.25, -0.2) is 9.50 Å². The summed E-state index contributed by atoms with van der Waals surface area (Å²) in [5.41, 5.74) is 1.91. The van der Waals surface area contributed by atoms with Crippen LogP contribution in [0.3, 0.4) is 0 Å². The van der Waals surface area contributed by atoms with Gasteiger partial charge in [0.25, 0.3) is 0 Å². The zero-order valence-corrected chi connectivity index (χ0v) is 15.2. The van der Waals surface area contributed by atoms with Crippen molar-refractivity contribution in [2.75, 3.05) is 44.7 Å². The molecule has 0 aliphatic carbocycles. The Morgan fingerprint density at radius 2 is 2.12 bits per heavy atom. The highest BCUT2D eigenvalue weighted by Crippen LogP contribution is 2.11. The van der Waals surface area contributed by atoms with Crippen molar-refractivity contribution in [2.45, 2.75) is 32.6 Å². The van der Waals surface area contributed by atoms with Crippen LogP contribution in [0, 0.1) is 0 Å². The Morgan fingerprint density at radius 3 is 2.96 bits per heavy atom. The van der Waals surface area contributed by atoms with Gasteiger partial charge >= 0.3 is 0 Å². The fourth-order valence-electron chi connectivity index (χ4n) is 2.97. The quantitative estimate of drug-likeness (QED) is 0.709. The molecule has 0 spiro atoms. The second-order valence-electron chi connectivity index (χ2n) is 6.45. The van der Waals surface area contributed by atoms with Crippen LogP contribution in [0.25, 0.3) is 11.7 Å². The average molecular weight is 343 g/mol. The van der Waals surface area contributed by atoms with E-state index >= 15 is 0 Å². The van der Waals surface area contributed by atoms with Gasteiger partial charge in [-0.05, 0) is 37.6 Å². The average Bonchev–Trinajstić information content (AvgIpc) is 3.06. The lowest BCUT2D eigenvalue weighted by Gasteiger charge is -2.26. The number of hydrogen-bond donors (Lipinski definition) is 1. The van der Waals surface area contributed by atoms with Crippen molar-refractivity contribution < 1.29 is 4.74 Å². The minimum Gasteiger partial charge on any atom is -0.379 e. The van der Waals surface area contributed by atoms with Gasteiger partial charge in [0.2, 0.25) is 0 Å². The van der Waals surface area contributed by atoms with E-state index in [0.29, 0.717) is 0 Å². The highest BCUT2D eigenvalue weighted by Gasteiger charge is 2.09. The van der Waals surface area contributed by atoms with Gasteiger partial charge in [-0.2, -0.15) is 0 Å². The normalized spacial score (nSPS) is 16.0. The van der Waals surface area contributed by atoms with Crippen LogP contribution in [0.2, 0.25) is 0 Å². The lowest BCUT2D eigenvalue weighted by atomic mass is 10.2. The number of nitrogens with one attached hydrogen (secondary N) is 1. The third kappa shape index (κ3) is 5.28. The summed E-state index contributed by atoms with van der Waals surface area (Å²) in [6.07, 6.45) is 10.8. The van der Waals surface area contributed by atoms with Gasteiger partial charge in [-0.1, -0.05) is 25.8 Å². The lowest BCUT2D eigenvalue weighted by Crippen LogP contribution is -2.37. The summed E-state index contributed by atoms with van der Waals surface area (Å²) in [5, 5.41) is 8.10. The van der Waals surface area contributed by atoms with Crippen LogP contribution in [0.1, 0.15) is 38.3 Å². The molecule has 2 aromatic heterocycles. The van der Waals surface area contributed by atoms with Gasteiger partial charge in [0.15, 0.2) is 5.65 Å². The monoisotopic (exact) mass is 343 g/mol. The summed E-state index contributed by atoms with van der Waals surface area (Å²) < 4.78 is 7.29. The molecule has 1 N–H and O–H groups in total. The van der Waals surface area contributed by atoms with Gasteiger partial charge in [-0.3, -0.25) is 4.90 Å². The largest absolute Gasteiger partial charge is 0.379 e. The Kier molecular flexibility index (Phi) is 6.82. The van der Waals surface area contributed by atoms with E-state index in [1.54, 1.807) is 0 Å². The van der Waals surface area contributed by atoms with Crippen LogP contribution in [0.15, 0.2) is 24.4 Å². The van der Waals surface area contributed by atoms with Crippen molar-refractivity contribution in [1.82, 2.24) is 19.5 Å². The number of unbranched alkanes of at least 4 members (excludes halogenated alkanes) is 2. The van der Waals surface area contributed by atoms with Gasteiger partial charge in [0.05, 0.1) is 25.1 Å². The second kappa shape index (κ2) is 9.53. The maximum absolute atomic E-state index is 5.38. The molecule has 0 aromatic carbocycles. The molecule has 1 aliphatic rings. The summed E-state index contributed by atoms with van der Waals surface area (Å²) in [6, 6.07) is 4.02. The Bertz CT molecular complexity index is 676. The molecular weight excluding hydrogens is 314 g/mol. The molecule has 0 bridgehead atoms. The van der Waals surface area contributed by atoms with E-state index < -0.39 is 0 Å². The minimum atomic E-state index is 0.862. The Labute approximate surface area is 149 Å². The molecule has 0 radical (unpaired) electrons. The van der Waals surface area contributed by atoms with Crippen LogP contribution in [-0.2, 0) is 4.74 Å². The summed E-state index contributed by atoms with van der Waals surface area (Å²) in [6.45, 7) is 8.06. The molecule has 136 valence electrons. The Balaban J connectivity index is 1.52. The first kappa shape index (κ1) is 17.9. The fourth-order valence-corrected chi connectivity index (χ4v) is 2.97. The maximum Gasteiger partial charge on any atom is 0.154 e. The first-order valence-electron chi connectivity index (χ1n) is 9.42. The zero-order valence-electron chi connectivity index (χ0n) is 15.2. The number of allylic oxidation sites excluding steroid dienone is 1. The fraction of sp³-hybridized carbons (Fsp3) is 0.579. The number of nitrogens with zero attached hydrogens (tertiary/aromatic N) is 4. The van der Waals surface area contributed by atoms with E-state index in [9.17, 15) is 0 Å². The van der Waals surface area contributed by atoms with Gasteiger partial charge in [0.1, 0.15) is 5.82 Å². The second-order valence-corrected chi connectivity index (χ2v) is 6.45. The van der Waals surface area contributed by atoms with E-state index in [4.69, 9.17) is 4.74 Å². The van der Waals surface area contributed by atoms with Crippen LogP contribution >= 0.6 is 0 Å². The highest BCUT2D eigenvalue weighted by molar-refractivity contribution is 5.53. The van der Waals surface area contributed by atoms with Crippen molar-refractivity contribution in [3.8, 4) is 0 Å². The minimum absolute atomic E-state index is 0.862. The van der Waals surface area contributed by atoms with Gasteiger partial charge in [0, 0.05) is 19.6 Å². The smallest absolute Gasteiger partial charge is 0.154 e. The maximum atomic E-state index is 5.38. The molecule has 0 unspecified atom stereocenters. The molecule has 25 heavy (non-hydrogen) atoms. The third-order valence-corrected chi connectivity index (χ3v) is 4.46. The first-order valence-corrected chi connectivity index (χ1v) is 9.42. The molecule has 1 saturated heterocycles. The Hall–Kier alpha value is -1.92. The van der Waals surface area contributed by atoms with Crippen molar-refractivity contribution in [3.63, 3.8) is 0 Å². The van der Waals surface area contributed by atoms with Crippen molar-refractivity contribution in [1.29, 1.82) is 0 Å². The molecule has 2 aromatic rings. The number of ether oxygens (including phenoxy) is 1. The molecule has 6 nitrogen and oxygen atoms in total. The summed E-state index contributed by atoms with van der Waals surface area (Å²) in [4.78, 5) is 6.87. The highest BCUT2D eigenvalue weighted by atomic mass is 16.5. The van der Waals surface area contributed by atoms with Crippen LogP contribution in [0.5, 0.6) is 0 Å². The molecule has 3 rings (SSSR count). The third-order valence-electron chi connectivity index (χ3n) is 4.46. The molecule has 0 amide bonds. The number of imidazole rings is 1. The Morgan fingerprint density at radius 1 is 1.24 bits per heavy atom. The molecule has 1 fully saturated rings. The van der Waals surface area contributed by atoms with E-state index in [1.807, 2.05) is 22.8 Å². The molecule has 1 aliphatic heterocycles. The molecule has 0 saturated carbocycles. The van der Waals surface area contributed by atoms with Crippen molar-refractivity contribution in [2.24, 2.45) is 0 Å². The zero-order chi connectivity index (χ0) is 17.3. The number of rotatable bonds is 9. The van der Waals surface area contributed by atoms with E-state index in [0.717, 1.165) is 69.4 Å². The SMILES string of the molecule is CCCCC=Cc1cnc2ccc(NCCCN3CCOCC3)nn12. The predicted molar refractivity (Wildman–Crippen MR) is 102 cm³/mol. The number of fused-ring (bicyclic) bond motifs is 1. The van der Waals surface area contributed by atoms with Crippen LogP contribution in [-0.4, -0.2) is 58.9 Å². The van der Waals surface area contributed by atoms with Gasteiger partial charge in [-0.15, -0.1) is 5.10 Å². The van der Waals surface area contributed by atoms with Gasteiger partial charge < -0.3 is 10.1 Å². The van der Waals surface area contributed by atoms with E-state index in [2.05, 4.69) is 39.4 Å². The number of morpholine rings is 1. The molecule has 3 heterocycles. The number of aromatic nitrogens is 3. The summed E-state index contributed by atoms with van der Waals surface area (Å²) >= 11 is 0. The number of hydrogen-bond acceptors (Lipinski definition) is 5. The van der Waals surface area contributed by atoms with Crippen molar-refractivity contribution >= 4 is 17.5 Å². The molecule has 0 atom stereocenters. The topological polar surface area (TPSA) is 54.7 Å². The standard InChI is InChI=1S/C19H29N5O/c1-2-3-4-5-7-17-16-21-19-9-8-18(22-24(17)19)20-10-6-11-23-12-14-25-15-13-23/h5,7-9,16H,2-4,6,10-15H2,1H3,(H,20,22). The summed E-state index contributed by atoms with van der Waals surface area (Å²) in [5.74, 6) is 0.899. The van der Waals surface area contributed by atoms with Crippen molar-refractivity contribution in [3.05, 3.63) is 30.1 Å². The predicted octanol–water partition coefficient (Wildman–Crippen LogP) is 3.07. The van der Waals surface area contributed by atoms with E-state index in [1.165, 1.54) is 12.8 Å². The first-order chi connectivity index (χ1) is 12.4.